The average Bonchev–Trinajstić information content (AvgIpc) is 2.92. The lowest BCUT2D eigenvalue weighted by Gasteiger charge is -2.10. The molecule has 0 atom stereocenters. The highest BCUT2D eigenvalue weighted by Gasteiger charge is 2.09. The van der Waals surface area contributed by atoms with E-state index in [1.165, 1.54) is 0 Å². The monoisotopic (exact) mass is 359 g/mol. The van der Waals surface area contributed by atoms with Gasteiger partial charge in [0.05, 0.1) is 5.39 Å². The lowest BCUT2D eigenvalue weighted by atomic mass is 10.1. The Labute approximate surface area is 137 Å². The maximum atomic E-state index is 4.36. The molecule has 0 spiro atoms. The summed E-state index contributed by atoms with van der Waals surface area (Å²) in [6.45, 7) is 1.80. The molecule has 0 aliphatic rings. The highest BCUT2D eigenvalue weighted by Crippen LogP contribution is 2.27. The number of likely N-dealkylation sites (N-methyl/N-ethyl adjacent to an activating group) is 1. The number of nitrogens with zero attached hydrogens (tertiary/aromatic N) is 3. The van der Waals surface area contributed by atoms with Crippen LogP contribution in [0.3, 0.4) is 0 Å². The zero-order valence-corrected chi connectivity index (χ0v) is 14.2. The lowest BCUT2D eigenvalue weighted by Crippen LogP contribution is -2.21. The molecule has 0 radical (unpaired) electrons. The molecule has 114 valence electrons. The van der Waals surface area contributed by atoms with E-state index in [1.54, 1.807) is 6.33 Å². The van der Waals surface area contributed by atoms with Crippen LogP contribution in [0.2, 0.25) is 0 Å². The number of hydrogen-bond donors (Lipinski definition) is 2. The SMILES string of the molecule is CN(C)CCNc1ncnc2[nH]c(-c3ccc(Br)cc3)cc12. The van der Waals surface area contributed by atoms with E-state index in [2.05, 4.69) is 73.4 Å². The van der Waals surface area contributed by atoms with Crippen molar-refractivity contribution in [1.82, 2.24) is 19.9 Å². The van der Waals surface area contributed by atoms with Crippen LogP contribution in [0.1, 0.15) is 0 Å². The van der Waals surface area contributed by atoms with E-state index >= 15 is 0 Å². The summed E-state index contributed by atoms with van der Waals surface area (Å²) < 4.78 is 1.07. The number of H-pyrrole nitrogens is 1. The molecule has 2 heterocycles. The third-order valence-corrected chi connectivity index (χ3v) is 3.96. The molecule has 22 heavy (non-hydrogen) atoms. The topological polar surface area (TPSA) is 56.8 Å². The minimum atomic E-state index is 0.845. The van der Waals surface area contributed by atoms with Crippen LogP contribution in [0.4, 0.5) is 5.82 Å². The third kappa shape index (κ3) is 3.28. The molecule has 3 aromatic rings. The van der Waals surface area contributed by atoms with Crippen LogP contribution >= 0.6 is 15.9 Å². The summed E-state index contributed by atoms with van der Waals surface area (Å²) in [5.74, 6) is 0.867. The average molecular weight is 360 g/mol. The van der Waals surface area contributed by atoms with Gasteiger partial charge in [-0.25, -0.2) is 9.97 Å². The van der Waals surface area contributed by atoms with E-state index in [0.717, 1.165) is 45.7 Å². The van der Waals surface area contributed by atoms with Crippen molar-refractivity contribution in [3.8, 4) is 11.3 Å². The van der Waals surface area contributed by atoms with Gasteiger partial charge in [-0.2, -0.15) is 0 Å². The van der Waals surface area contributed by atoms with Gasteiger partial charge in [-0.1, -0.05) is 28.1 Å². The van der Waals surface area contributed by atoms with Gasteiger partial charge in [-0.3, -0.25) is 0 Å². The van der Waals surface area contributed by atoms with Gasteiger partial charge in [0.2, 0.25) is 0 Å². The highest BCUT2D eigenvalue weighted by atomic mass is 79.9. The Morgan fingerprint density at radius 2 is 1.95 bits per heavy atom. The van der Waals surface area contributed by atoms with Crippen molar-refractivity contribution in [3.05, 3.63) is 41.1 Å². The molecule has 5 nitrogen and oxygen atoms in total. The Kier molecular flexibility index (Phi) is 4.40. The first kappa shape index (κ1) is 15.0. The van der Waals surface area contributed by atoms with Crippen molar-refractivity contribution in [3.63, 3.8) is 0 Å². The van der Waals surface area contributed by atoms with Crippen molar-refractivity contribution < 1.29 is 0 Å². The number of fused-ring (bicyclic) bond motifs is 1. The van der Waals surface area contributed by atoms with Gasteiger partial charge in [0.25, 0.3) is 0 Å². The van der Waals surface area contributed by atoms with Crippen molar-refractivity contribution in [2.24, 2.45) is 0 Å². The summed E-state index contributed by atoms with van der Waals surface area (Å²) in [5, 5.41) is 4.39. The number of aromatic nitrogens is 3. The molecule has 0 saturated heterocycles. The van der Waals surface area contributed by atoms with E-state index in [9.17, 15) is 0 Å². The second kappa shape index (κ2) is 6.46. The number of anilines is 1. The van der Waals surface area contributed by atoms with Crippen molar-refractivity contribution in [2.75, 3.05) is 32.5 Å². The molecule has 2 N–H and O–H groups in total. The number of nitrogens with one attached hydrogen (secondary N) is 2. The zero-order chi connectivity index (χ0) is 15.5. The molecular formula is C16H18BrN5. The first-order chi connectivity index (χ1) is 10.6. The van der Waals surface area contributed by atoms with Gasteiger partial charge in [0.15, 0.2) is 0 Å². The number of aromatic amines is 1. The summed E-state index contributed by atoms with van der Waals surface area (Å²) in [5.41, 5.74) is 3.01. The molecule has 0 aliphatic heterocycles. The van der Waals surface area contributed by atoms with E-state index in [-0.39, 0.29) is 0 Å². The van der Waals surface area contributed by atoms with Crippen molar-refractivity contribution in [2.45, 2.75) is 0 Å². The Hall–Kier alpha value is -1.92. The van der Waals surface area contributed by atoms with Gasteiger partial charge in [0, 0.05) is 23.3 Å². The lowest BCUT2D eigenvalue weighted by molar-refractivity contribution is 0.425. The van der Waals surface area contributed by atoms with Crippen molar-refractivity contribution >= 4 is 32.8 Å². The minimum Gasteiger partial charge on any atom is -0.368 e. The Morgan fingerprint density at radius 1 is 1.18 bits per heavy atom. The summed E-state index contributed by atoms with van der Waals surface area (Å²) in [7, 11) is 4.11. The fourth-order valence-corrected chi connectivity index (χ4v) is 2.53. The van der Waals surface area contributed by atoms with Gasteiger partial charge in [-0.15, -0.1) is 0 Å². The smallest absolute Gasteiger partial charge is 0.143 e. The van der Waals surface area contributed by atoms with Crippen LogP contribution in [0, 0.1) is 0 Å². The molecule has 0 saturated carbocycles. The maximum Gasteiger partial charge on any atom is 0.143 e. The Morgan fingerprint density at radius 3 is 2.68 bits per heavy atom. The van der Waals surface area contributed by atoms with Crippen LogP contribution in [0.5, 0.6) is 0 Å². The number of halogens is 1. The van der Waals surface area contributed by atoms with E-state index in [4.69, 9.17) is 0 Å². The predicted molar refractivity (Wildman–Crippen MR) is 94.1 cm³/mol. The van der Waals surface area contributed by atoms with Crippen molar-refractivity contribution in [1.29, 1.82) is 0 Å². The maximum absolute atomic E-state index is 4.36. The minimum absolute atomic E-state index is 0.845. The largest absolute Gasteiger partial charge is 0.368 e. The molecule has 0 aliphatic carbocycles. The van der Waals surface area contributed by atoms with Crippen LogP contribution < -0.4 is 5.32 Å². The first-order valence-corrected chi connectivity index (χ1v) is 7.91. The summed E-state index contributed by atoms with van der Waals surface area (Å²) in [6.07, 6.45) is 1.59. The summed E-state index contributed by atoms with van der Waals surface area (Å²) in [4.78, 5) is 14.2. The molecule has 2 aromatic heterocycles. The predicted octanol–water partition coefficient (Wildman–Crippen LogP) is 3.36. The third-order valence-electron chi connectivity index (χ3n) is 3.43. The molecule has 0 unspecified atom stereocenters. The fourth-order valence-electron chi connectivity index (χ4n) is 2.26. The van der Waals surface area contributed by atoms with Gasteiger partial charge in [0.1, 0.15) is 17.8 Å². The number of hydrogen-bond acceptors (Lipinski definition) is 4. The molecule has 0 fully saturated rings. The molecule has 6 heteroatoms. The number of benzene rings is 1. The molecule has 0 bridgehead atoms. The molecule has 1 aromatic carbocycles. The van der Waals surface area contributed by atoms with Crippen LogP contribution in [-0.4, -0.2) is 47.0 Å². The molecular weight excluding hydrogens is 342 g/mol. The van der Waals surface area contributed by atoms with Crippen LogP contribution in [0.15, 0.2) is 41.1 Å². The molecule has 3 rings (SSSR count). The van der Waals surface area contributed by atoms with Crippen LogP contribution in [-0.2, 0) is 0 Å². The summed E-state index contributed by atoms with van der Waals surface area (Å²) in [6, 6.07) is 10.3. The zero-order valence-electron chi connectivity index (χ0n) is 12.6. The number of rotatable bonds is 5. The second-order valence-corrected chi connectivity index (χ2v) is 6.32. The Balaban J connectivity index is 1.90. The van der Waals surface area contributed by atoms with E-state index in [0.29, 0.717) is 0 Å². The van der Waals surface area contributed by atoms with Gasteiger partial charge >= 0.3 is 0 Å². The normalized spacial score (nSPS) is 11.3. The van der Waals surface area contributed by atoms with Crippen LogP contribution in [0.25, 0.3) is 22.3 Å². The summed E-state index contributed by atoms with van der Waals surface area (Å²) >= 11 is 3.46. The second-order valence-electron chi connectivity index (χ2n) is 5.40. The standard InChI is InChI=1S/C16H18BrN5/c1-22(2)8-7-18-15-13-9-14(21-16(13)20-10-19-15)11-3-5-12(17)6-4-11/h3-6,9-10H,7-8H2,1-2H3,(H2,18,19,20,21). The van der Waals surface area contributed by atoms with Gasteiger partial charge in [-0.05, 0) is 37.9 Å². The molecule has 0 amide bonds. The quantitative estimate of drug-likeness (QED) is 0.733. The first-order valence-electron chi connectivity index (χ1n) is 7.12. The Bertz CT molecular complexity index is 764. The van der Waals surface area contributed by atoms with E-state index in [1.807, 2.05) is 12.1 Å². The highest BCUT2D eigenvalue weighted by molar-refractivity contribution is 9.10. The van der Waals surface area contributed by atoms with Gasteiger partial charge < -0.3 is 15.2 Å². The van der Waals surface area contributed by atoms with E-state index < -0.39 is 0 Å². The fraction of sp³-hybridized carbons (Fsp3) is 0.250.